The minimum Gasteiger partial charge on any atom is -0.545 e. The van der Waals surface area contributed by atoms with Crippen LogP contribution < -0.4 is 19.5 Å². The molecule has 0 N–H and O–H groups in total. The van der Waals surface area contributed by atoms with Crippen LogP contribution in [0, 0.1) is 0 Å². The number of carboxylic acid groups (broad SMARTS) is 1. The molecule has 0 aliphatic carbocycles. The third-order valence-corrected chi connectivity index (χ3v) is 4.92. The molecule has 1 aliphatic rings. The number of nitrogens with zero attached hydrogens (tertiary/aromatic N) is 3. The van der Waals surface area contributed by atoms with Gasteiger partial charge in [0.15, 0.2) is 0 Å². The second-order valence-electron chi connectivity index (χ2n) is 6.86. The lowest BCUT2D eigenvalue weighted by atomic mass is 10.1. The van der Waals surface area contributed by atoms with E-state index < -0.39 is 5.97 Å². The summed E-state index contributed by atoms with van der Waals surface area (Å²) in [5, 5.41) is 11.5. The highest BCUT2D eigenvalue weighted by Gasteiger charge is 2.29. The van der Waals surface area contributed by atoms with Crippen LogP contribution in [-0.2, 0) is 13.0 Å². The van der Waals surface area contributed by atoms with Gasteiger partial charge in [-0.2, -0.15) is 4.98 Å². The number of ether oxygens (including phenoxy) is 2. The molecule has 0 radical (unpaired) electrons. The fourth-order valence-electron chi connectivity index (χ4n) is 3.47. The van der Waals surface area contributed by atoms with Gasteiger partial charge in [-0.1, -0.05) is 30.3 Å². The number of hydrogen-bond acceptors (Lipinski definition) is 7. The first-order chi connectivity index (χ1) is 14.1. The van der Waals surface area contributed by atoms with Gasteiger partial charge in [0.05, 0.1) is 18.6 Å². The molecule has 0 spiro atoms. The second-order valence-corrected chi connectivity index (χ2v) is 6.86. The van der Waals surface area contributed by atoms with Crippen LogP contribution in [0.1, 0.15) is 28.4 Å². The van der Waals surface area contributed by atoms with Gasteiger partial charge in [-0.15, -0.1) is 0 Å². The first kappa shape index (κ1) is 18.7. The minimum atomic E-state index is -1.38. The predicted molar refractivity (Wildman–Crippen MR) is 105 cm³/mol. The molecule has 1 atom stereocenters. The van der Waals surface area contributed by atoms with Crippen LogP contribution in [0.2, 0.25) is 0 Å². The van der Waals surface area contributed by atoms with E-state index in [4.69, 9.17) is 9.47 Å². The van der Waals surface area contributed by atoms with Gasteiger partial charge < -0.3 is 24.3 Å². The molecule has 0 amide bonds. The molecule has 4 rings (SSSR count). The Morgan fingerprint density at radius 1 is 1.21 bits per heavy atom. The number of fused-ring (bicyclic) bond motifs is 1. The summed E-state index contributed by atoms with van der Waals surface area (Å²) in [7, 11) is 1.59. The van der Waals surface area contributed by atoms with Gasteiger partial charge in [0.1, 0.15) is 12.4 Å². The van der Waals surface area contributed by atoms with Crippen molar-refractivity contribution in [3.05, 3.63) is 71.4 Å². The van der Waals surface area contributed by atoms with E-state index in [1.165, 1.54) is 11.8 Å². The highest BCUT2D eigenvalue weighted by atomic mass is 16.5. The number of carbonyl (C=O) groups is 1. The maximum atomic E-state index is 11.5. The number of carboxylic acids is 1. The van der Waals surface area contributed by atoms with Crippen LogP contribution in [0.4, 0.5) is 11.6 Å². The zero-order chi connectivity index (χ0) is 20.4. The molecule has 3 aromatic rings. The smallest absolute Gasteiger partial charge is 0.233 e. The molecule has 7 nitrogen and oxygen atoms in total. The van der Waals surface area contributed by atoms with Crippen molar-refractivity contribution < 1.29 is 19.4 Å². The summed E-state index contributed by atoms with van der Waals surface area (Å²) in [5.41, 5.74) is 2.90. The number of para-hydroxylation sites is 1. The number of aromatic carboxylic acids is 1. The van der Waals surface area contributed by atoms with E-state index in [-0.39, 0.29) is 24.1 Å². The predicted octanol–water partition coefficient (Wildman–Crippen LogP) is 2.51. The molecule has 2 heterocycles. The van der Waals surface area contributed by atoms with Gasteiger partial charge in [0.25, 0.3) is 0 Å². The largest absolute Gasteiger partial charge is 0.545 e. The average Bonchev–Trinajstić information content (AvgIpc) is 3.08. The number of rotatable bonds is 6. The Kier molecular flexibility index (Phi) is 5.03. The SMILES string of the molecule is COc1ccc(COc2nc(N3c4ccccc4CC3C)ncc2C(=O)[O-])cc1. The number of benzene rings is 2. The molecule has 1 aromatic heterocycles. The standard InChI is InChI=1S/C22H21N3O4/c1-14-11-16-5-3-4-6-19(16)25(14)22-23-12-18(21(26)27)20(24-22)29-13-15-7-9-17(28-2)10-8-15/h3-10,12,14H,11,13H2,1-2H3,(H,26,27)/p-1. The molecule has 148 valence electrons. The van der Waals surface area contributed by atoms with Gasteiger partial charge in [-0.05, 0) is 42.7 Å². The van der Waals surface area contributed by atoms with Gasteiger partial charge >= 0.3 is 0 Å². The van der Waals surface area contributed by atoms with E-state index in [0.717, 1.165) is 23.4 Å². The molecule has 29 heavy (non-hydrogen) atoms. The van der Waals surface area contributed by atoms with Crippen molar-refractivity contribution in [3.63, 3.8) is 0 Å². The molecule has 1 unspecified atom stereocenters. The number of aromatic nitrogens is 2. The number of carbonyl (C=O) groups excluding carboxylic acids is 1. The summed E-state index contributed by atoms with van der Waals surface area (Å²) in [6.45, 7) is 2.24. The summed E-state index contributed by atoms with van der Waals surface area (Å²) in [6, 6.07) is 15.5. The zero-order valence-corrected chi connectivity index (χ0v) is 16.2. The van der Waals surface area contributed by atoms with E-state index in [2.05, 4.69) is 23.0 Å². The molecule has 0 fully saturated rings. The molecule has 0 bridgehead atoms. The Bertz CT molecular complexity index is 1040. The van der Waals surface area contributed by atoms with Crippen molar-refractivity contribution in [2.45, 2.75) is 26.0 Å². The third-order valence-electron chi connectivity index (χ3n) is 4.92. The summed E-state index contributed by atoms with van der Waals surface area (Å²) in [6.07, 6.45) is 2.11. The lowest BCUT2D eigenvalue weighted by Gasteiger charge is -2.23. The maximum Gasteiger partial charge on any atom is 0.233 e. The van der Waals surface area contributed by atoms with Crippen LogP contribution in [0.25, 0.3) is 0 Å². The van der Waals surface area contributed by atoms with E-state index in [0.29, 0.717) is 5.95 Å². The van der Waals surface area contributed by atoms with Crippen molar-refractivity contribution in [1.82, 2.24) is 9.97 Å². The summed E-state index contributed by atoms with van der Waals surface area (Å²) in [5.74, 6) is -0.258. The Hall–Kier alpha value is -3.61. The monoisotopic (exact) mass is 390 g/mol. The molecular formula is C22H20N3O4-. The average molecular weight is 390 g/mol. The highest BCUT2D eigenvalue weighted by Crippen LogP contribution is 2.37. The number of hydrogen-bond donors (Lipinski definition) is 0. The van der Waals surface area contributed by atoms with Crippen LogP contribution in [0.5, 0.6) is 11.6 Å². The number of methoxy groups -OCH3 is 1. The van der Waals surface area contributed by atoms with Crippen molar-refractivity contribution in [2.24, 2.45) is 0 Å². The van der Waals surface area contributed by atoms with E-state index in [1.807, 2.05) is 47.4 Å². The lowest BCUT2D eigenvalue weighted by molar-refractivity contribution is -0.255. The molecule has 1 aliphatic heterocycles. The third kappa shape index (κ3) is 3.71. The normalized spacial score (nSPS) is 15.1. The van der Waals surface area contributed by atoms with Crippen molar-refractivity contribution in [1.29, 1.82) is 0 Å². The first-order valence-electron chi connectivity index (χ1n) is 9.28. The first-order valence-corrected chi connectivity index (χ1v) is 9.28. The van der Waals surface area contributed by atoms with Crippen LogP contribution in [-0.4, -0.2) is 29.1 Å². The van der Waals surface area contributed by atoms with Crippen LogP contribution in [0.3, 0.4) is 0 Å². The van der Waals surface area contributed by atoms with Gasteiger partial charge in [-0.25, -0.2) is 4.98 Å². The Labute approximate surface area is 168 Å². The fourth-order valence-corrected chi connectivity index (χ4v) is 3.47. The van der Waals surface area contributed by atoms with Crippen LogP contribution >= 0.6 is 0 Å². The quantitative estimate of drug-likeness (QED) is 0.639. The van der Waals surface area contributed by atoms with E-state index in [9.17, 15) is 9.90 Å². The van der Waals surface area contributed by atoms with Crippen molar-refractivity contribution in [2.75, 3.05) is 12.0 Å². The molecule has 0 saturated carbocycles. The van der Waals surface area contributed by atoms with Gasteiger partial charge in [0.2, 0.25) is 11.8 Å². The lowest BCUT2D eigenvalue weighted by Crippen LogP contribution is -2.28. The van der Waals surface area contributed by atoms with E-state index >= 15 is 0 Å². The highest BCUT2D eigenvalue weighted by molar-refractivity contribution is 5.88. The Balaban J connectivity index is 1.63. The van der Waals surface area contributed by atoms with E-state index in [1.54, 1.807) is 7.11 Å². The fraction of sp³-hybridized carbons (Fsp3) is 0.227. The molecule has 2 aromatic carbocycles. The topological polar surface area (TPSA) is 87.6 Å². The maximum absolute atomic E-state index is 11.5. The summed E-state index contributed by atoms with van der Waals surface area (Å²) >= 11 is 0. The van der Waals surface area contributed by atoms with Gasteiger partial charge in [0, 0.05) is 17.9 Å². The zero-order valence-electron chi connectivity index (χ0n) is 16.2. The molecule has 0 saturated heterocycles. The Morgan fingerprint density at radius 2 is 1.97 bits per heavy atom. The van der Waals surface area contributed by atoms with Crippen molar-refractivity contribution in [3.8, 4) is 11.6 Å². The minimum absolute atomic E-state index is 0.0117. The van der Waals surface area contributed by atoms with Crippen molar-refractivity contribution >= 4 is 17.6 Å². The second kappa shape index (κ2) is 7.79. The van der Waals surface area contributed by atoms with Gasteiger partial charge in [-0.3, -0.25) is 0 Å². The molecule has 7 heteroatoms. The molecular weight excluding hydrogens is 370 g/mol. The number of anilines is 2. The van der Waals surface area contributed by atoms with Crippen LogP contribution in [0.15, 0.2) is 54.7 Å². The summed E-state index contributed by atoms with van der Waals surface area (Å²) in [4.78, 5) is 22.2. The Morgan fingerprint density at radius 3 is 2.69 bits per heavy atom. The summed E-state index contributed by atoms with van der Waals surface area (Å²) < 4.78 is 10.9.